The average Bonchev–Trinajstić information content (AvgIpc) is 1.99. The maximum Gasteiger partial charge on any atom is 0.155 e. The Hall–Kier alpha value is -0.670. The van der Waals surface area contributed by atoms with Gasteiger partial charge in [0.15, 0.2) is 5.78 Å². The molecular weight excluding hydrogens is 132 g/mol. The van der Waals surface area contributed by atoms with Crippen LogP contribution in [0.15, 0.2) is 12.7 Å². The van der Waals surface area contributed by atoms with E-state index in [-0.39, 0.29) is 31.3 Å². The number of ketones is 1. The highest BCUT2D eigenvalue weighted by Gasteiger charge is 2.08. The maximum absolute atomic E-state index is 10.6. The first-order valence-electron chi connectivity index (χ1n) is 3.11. The molecule has 0 aliphatic rings. The summed E-state index contributed by atoms with van der Waals surface area (Å²) in [6.45, 7) is 2.96. The van der Waals surface area contributed by atoms with E-state index in [9.17, 15) is 4.79 Å². The van der Waals surface area contributed by atoms with Crippen molar-refractivity contribution in [1.29, 1.82) is 0 Å². The quantitative estimate of drug-likeness (QED) is 0.522. The summed E-state index contributed by atoms with van der Waals surface area (Å²) < 4.78 is 0. The van der Waals surface area contributed by atoms with Crippen LogP contribution in [0.25, 0.3) is 0 Å². The summed E-state index contributed by atoms with van der Waals surface area (Å²) in [7, 11) is 0. The lowest BCUT2D eigenvalue weighted by molar-refractivity contribution is -0.116. The van der Waals surface area contributed by atoms with Crippen LogP contribution in [0.2, 0.25) is 0 Å². The van der Waals surface area contributed by atoms with Gasteiger partial charge in [-0.1, -0.05) is 6.58 Å². The molecular formula is C7H12O3. The lowest BCUT2D eigenvalue weighted by Gasteiger charge is -2.06. The highest BCUT2D eigenvalue weighted by Crippen LogP contribution is 2.01. The van der Waals surface area contributed by atoms with Gasteiger partial charge in [-0.3, -0.25) is 4.79 Å². The van der Waals surface area contributed by atoms with Crippen molar-refractivity contribution in [2.45, 2.75) is 6.42 Å². The number of allylic oxidation sites excluding steroid dienone is 1. The Morgan fingerprint density at radius 1 is 1.50 bits per heavy atom. The van der Waals surface area contributed by atoms with Gasteiger partial charge in [-0.2, -0.15) is 0 Å². The number of hydrogen-bond donors (Lipinski definition) is 2. The molecule has 2 N–H and O–H groups in total. The second kappa shape index (κ2) is 5.14. The minimum Gasteiger partial charge on any atom is -0.396 e. The van der Waals surface area contributed by atoms with Crippen molar-refractivity contribution in [2.24, 2.45) is 5.92 Å². The molecule has 0 aromatic carbocycles. The van der Waals surface area contributed by atoms with Crippen molar-refractivity contribution in [3.63, 3.8) is 0 Å². The molecule has 0 saturated heterocycles. The molecule has 0 bridgehead atoms. The van der Waals surface area contributed by atoms with Crippen molar-refractivity contribution < 1.29 is 15.0 Å². The van der Waals surface area contributed by atoms with Crippen LogP contribution in [0, 0.1) is 5.92 Å². The molecule has 10 heavy (non-hydrogen) atoms. The van der Waals surface area contributed by atoms with E-state index in [4.69, 9.17) is 10.2 Å². The molecule has 0 spiro atoms. The molecule has 0 unspecified atom stereocenters. The number of hydrogen-bond acceptors (Lipinski definition) is 3. The summed E-state index contributed by atoms with van der Waals surface area (Å²) in [6.07, 6.45) is 1.37. The number of rotatable bonds is 5. The van der Waals surface area contributed by atoms with Crippen LogP contribution < -0.4 is 0 Å². The predicted molar refractivity (Wildman–Crippen MR) is 37.5 cm³/mol. The molecule has 0 fully saturated rings. The topological polar surface area (TPSA) is 57.5 Å². The minimum atomic E-state index is -0.328. The Morgan fingerprint density at radius 3 is 2.30 bits per heavy atom. The molecule has 0 aromatic heterocycles. The summed E-state index contributed by atoms with van der Waals surface area (Å²) in [5, 5.41) is 17.0. The fraction of sp³-hybridized carbons (Fsp3) is 0.571. The van der Waals surface area contributed by atoms with Crippen LogP contribution in [-0.4, -0.2) is 29.2 Å². The second-order valence-electron chi connectivity index (χ2n) is 2.11. The van der Waals surface area contributed by atoms with Crippen molar-refractivity contribution in [3.05, 3.63) is 12.7 Å². The molecule has 0 aliphatic carbocycles. The Labute approximate surface area is 60.0 Å². The zero-order valence-corrected chi connectivity index (χ0v) is 5.79. The summed E-state index contributed by atoms with van der Waals surface area (Å²) in [4.78, 5) is 10.6. The van der Waals surface area contributed by atoms with Gasteiger partial charge in [-0.15, -0.1) is 0 Å². The van der Waals surface area contributed by atoms with Gasteiger partial charge in [0.1, 0.15) is 0 Å². The monoisotopic (exact) mass is 144 g/mol. The van der Waals surface area contributed by atoms with Crippen LogP contribution in [0.3, 0.4) is 0 Å². The van der Waals surface area contributed by atoms with Crippen molar-refractivity contribution >= 4 is 5.78 Å². The fourth-order valence-electron chi connectivity index (χ4n) is 0.555. The smallest absolute Gasteiger partial charge is 0.155 e. The van der Waals surface area contributed by atoms with Gasteiger partial charge in [0.05, 0.1) is 0 Å². The first-order chi connectivity index (χ1) is 4.74. The molecule has 0 atom stereocenters. The van der Waals surface area contributed by atoms with Crippen molar-refractivity contribution in [2.75, 3.05) is 13.2 Å². The van der Waals surface area contributed by atoms with Crippen LogP contribution in [0.1, 0.15) is 6.42 Å². The standard InChI is InChI=1S/C7H12O3/c1-2-7(10)3-6(4-8)5-9/h2,6,8-9H,1,3-5H2. The third-order valence-electron chi connectivity index (χ3n) is 1.23. The lowest BCUT2D eigenvalue weighted by atomic mass is 10.1. The SMILES string of the molecule is C=CC(=O)CC(CO)CO. The molecule has 3 nitrogen and oxygen atoms in total. The zero-order chi connectivity index (χ0) is 7.98. The third kappa shape index (κ3) is 3.37. The van der Waals surface area contributed by atoms with E-state index in [1.54, 1.807) is 0 Å². The summed E-state index contributed by atoms with van der Waals surface area (Å²) in [6, 6.07) is 0. The fourth-order valence-corrected chi connectivity index (χ4v) is 0.555. The van der Waals surface area contributed by atoms with Gasteiger partial charge >= 0.3 is 0 Å². The molecule has 0 heterocycles. The van der Waals surface area contributed by atoms with Gasteiger partial charge < -0.3 is 10.2 Å². The minimum absolute atomic E-state index is 0.145. The van der Waals surface area contributed by atoms with Gasteiger partial charge in [-0.05, 0) is 6.08 Å². The Balaban J connectivity index is 3.62. The first kappa shape index (κ1) is 9.33. The lowest BCUT2D eigenvalue weighted by Crippen LogP contribution is -2.14. The molecule has 58 valence electrons. The van der Waals surface area contributed by atoms with Crippen LogP contribution in [0.5, 0.6) is 0 Å². The van der Waals surface area contributed by atoms with Crippen LogP contribution in [-0.2, 0) is 4.79 Å². The summed E-state index contributed by atoms with van der Waals surface area (Å²) >= 11 is 0. The van der Waals surface area contributed by atoms with E-state index in [0.29, 0.717) is 0 Å². The average molecular weight is 144 g/mol. The van der Waals surface area contributed by atoms with Gasteiger partial charge in [-0.25, -0.2) is 0 Å². The predicted octanol–water partition coefficient (Wildman–Crippen LogP) is -0.268. The molecule has 0 aromatic rings. The van der Waals surface area contributed by atoms with Crippen molar-refractivity contribution in [3.8, 4) is 0 Å². The van der Waals surface area contributed by atoms with E-state index < -0.39 is 0 Å². The van der Waals surface area contributed by atoms with Gasteiger partial charge in [0.2, 0.25) is 0 Å². The van der Waals surface area contributed by atoms with Crippen LogP contribution in [0.4, 0.5) is 0 Å². The first-order valence-corrected chi connectivity index (χ1v) is 3.11. The highest BCUT2D eigenvalue weighted by molar-refractivity contribution is 5.89. The van der Waals surface area contributed by atoms with Crippen LogP contribution >= 0.6 is 0 Å². The Kier molecular flexibility index (Phi) is 4.80. The van der Waals surface area contributed by atoms with E-state index in [0.717, 1.165) is 0 Å². The molecule has 0 aliphatic heterocycles. The summed E-state index contributed by atoms with van der Waals surface area (Å²) in [5.74, 6) is -0.474. The highest BCUT2D eigenvalue weighted by atomic mass is 16.3. The number of aliphatic hydroxyl groups is 2. The number of carbonyl (C=O) groups excluding carboxylic acids is 1. The summed E-state index contributed by atoms with van der Waals surface area (Å²) in [5.41, 5.74) is 0. The molecule has 0 radical (unpaired) electrons. The Morgan fingerprint density at radius 2 is 2.00 bits per heavy atom. The molecule has 3 heteroatoms. The number of carbonyl (C=O) groups is 1. The van der Waals surface area contributed by atoms with E-state index in [1.807, 2.05) is 0 Å². The van der Waals surface area contributed by atoms with Crippen molar-refractivity contribution in [1.82, 2.24) is 0 Å². The van der Waals surface area contributed by atoms with Gasteiger partial charge in [0, 0.05) is 25.6 Å². The van der Waals surface area contributed by atoms with E-state index in [1.165, 1.54) is 6.08 Å². The maximum atomic E-state index is 10.6. The molecule has 0 rings (SSSR count). The second-order valence-corrected chi connectivity index (χ2v) is 2.11. The Bertz CT molecular complexity index is 116. The number of aliphatic hydroxyl groups excluding tert-OH is 2. The zero-order valence-electron chi connectivity index (χ0n) is 5.79. The van der Waals surface area contributed by atoms with Gasteiger partial charge in [0.25, 0.3) is 0 Å². The van der Waals surface area contributed by atoms with E-state index >= 15 is 0 Å². The third-order valence-corrected chi connectivity index (χ3v) is 1.23. The molecule has 0 amide bonds. The largest absolute Gasteiger partial charge is 0.396 e. The normalized spacial score (nSPS) is 9.90. The van der Waals surface area contributed by atoms with E-state index in [2.05, 4.69) is 6.58 Å². The molecule has 0 saturated carbocycles.